The number of hydrogen-bond donors (Lipinski definition) is 0. The highest BCUT2D eigenvalue weighted by Gasteiger charge is 2.10. The minimum Gasteiger partial charge on any atom is -0.480 e. The number of methoxy groups -OCH3 is 1. The number of halogens is 2. The third-order valence-corrected chi connectivity index (χ3v) is 4.39. The second kappa shape index (κ2) is 7.61. The lowest BCUT2D eigenvalue weighted by Crippen LogP contribution is -2.03. The van der Waals surface area contributed by atoms with Crippen LogP contribution in [0.15, 0.2) is 53.1 Å². The first-order valence-corrected chi connectivity index (χ1v) is 8.41. The van der Waals surface area contributed by atoms with Gasteiger partial charge in [-0.05, 0) is 57.2 Å². The van der Waals surface area contributed by atoms with Gasteiger partial charge in [0.1, 0.15) is 12.4 Å². The topological polar surface area (TPSA) is 44.2 Å². The van der Waals surface area contributed by atoms with Gasteiger partial charge in [0.15, 0.2) is 0 Å². The molecule has 2 aromatic carbocycles. The molecule has 0 N–H and O–H groups in total. The van der Waals surface area contributed by atoms with Crippen LogP contribution in [-0.4, -0.2) is 17.1 Å². The number of aromatic nitrogens is 2. The predicted octanol–water partition coefficient (Wildman–Crippen LogP) is 4.94. The van der Waals surface area contributed by atoms with Crippen molar-refractivity contribution in [1.29, 1.82) is 0 Å². The Hall–Kier alpha value is -2.47. The molecule has 0 aliphatic heterocycles. The normalized spacial score (nSPS) is 10.6. The van der Waals surface area contributed by atoms with E-state index in [-0.39, 0.29) is 11.8 Å². The van der Waals surface area contributed by atoms with Gasteiger partial charge < -0.3 is 9.47 Å². The molecule has 0 fully saturated rings. The van der Waals surface area contributed by atoms with Crippen LogP contribution in [0.2, 0.25) is 0 Å². The lowest BCUT2D eigenvalue weighted by atomic mass is 9.97. The van der Waals surface area contributed by atoms with Gasteiger partial charge in [-0.25, -0.2) is 9.37 Å². The number of rotatable bonds is 5. The molecule has 1 heterocycles. The first kappa shape index (κ1) is 17.4. The van der Waals surface area contributed by atoms with Crippen molar-refractivity contribution in [3.05, 3.63) is 70.1 Å². The maximum atomic E-state index is 13.1. The predicted molar refractivity (Wildman–Crippen MR) is 97.2 cm³/mol. The molecule has 1 aromatic heterocycles. The van der Waals surface area contributed by atoms with Crippen LogP contribution >= 0.6 is 15.9 Å². The molecule has 0 atom stereocenters. The molecule has 6 heteroatoms. The fraction of sp³-hybridized carbons (Fsp3) is 0.158. The van der Waals surface area contributed by atoms with E-state index in [1.807, 2.05) is 25.1 Å². The van der Waals surface area contributed by atoms with E-state index >= 15 is 0 Å². The Balaban J connectivity index is 1.82. The number of ether oxygens (including phenoxy) is 2. The minimum absolute atomic E-state index is 0.242. The summed E-state index contributed by atoms with van der Waals surface area (Å²) in [5.41, 5.74) is 4.07. The molecule has 0 aliphatic rings. The summed E-state index contributed by atoms with van der Waals surface area (Å²) in [6, 6.07) is 12.6. The molecule has 0 saturated carbocycles. The van der Waals surface area contributed by atoms with Crippen molar-refractivity contribution in [3.8, 4) is 23.0 Å². The lowest BCUT2D eigenvalue weighted by molar-refractivity contribution is 0.272. The van der Waals surface area contributed by atoms with Crippen molar-refractivity contribution < 1.29 is 13.9 Å². The van der Waals surface area contributed by atoms with Gasteiger partial charge in [0.25, 0.3) is 0 Å². The van der Waals surface area contributed by atoms with Gasteiger partial charge in [-0.3, -0.25) is 0 Å². The Bertz CT molecular complexity index is 885. The van der Waals surface area contributed by atoms with Crippen molar-refractivity contribution in [3.63, 3.8) is 0 Å². The van der Waals surface area contributed by atoms with E-state index in [9.17, 15) is 4.39 Å². The van der Waals surface area contributed by atoms with Crippen LogP contribution in [0, 0.1) is 12.7 Å². The zero-order chi connectivity index (χ0) is 17.8. The second-order valence-corrected chi connectivity index (χ2v) is 6.25. The average Bonchev–Trinajstić information content (AvgIpc) is 2.63. The van der Waals surface area contributed by atoms with Gasteiger partial charge in [-0.15, -0.1) is 0 Å². The maximum Gasteiger partial charge on any atom is 0.320 e. The Morgan fingerprint density at radius 3 is 2.60 bits per heavy atom. The first-order chi connectivity index (χ1) is 12.1. The first-order valence-electron chi connectivity index (χ1n) is 7.62. The zero-order valence-electron chi connectivity index (χ0n) is 13.8. The van der Waals surface area contributed by atoms with Gasteiger partial charge in [-0.2, -0.15) is 4.98 Å². The second-order valence-electron chi connectivity index (χ2n) is 5.40. The van der Waals surface area contributed by atoms with Gasteiger partial charge in [0.05, 0.1) is 17.8 Å². The van der Waals surface area contributed by atoms with Crippen LogP contribution < -0.4 is 9.47 Å². The van der Waals surface area contributed by atoms with E-state index < -0.39 is 0 Å². The third kappa shape index (κ3) is 3.96. The number of hydrogen-bond acceptors (Lipinski definition) is 4. The molecule has 0 radical (unpaired) electrons. The maximum absolute atomic E-state index is 13.1. The van der Waals surface area contributed by atoms with Gasteiger partial charge in [0, 0.05) is 0 Å². The third-order valence-electron chi connectivity index (χ3n) is 3.84. The van der Waals surface area contributed by atoms with Crippen LogP contribution in [0.1, 0.15) is 11.1 Å². The molecule has 0 spiro atoms. The molecule has 0 saturated heterocycles. The summed E-state index contributed by atoms with van der Waals surface area (Å²) in [5.74, 6) is 0.170. The Morgan fingerprint density at radius 2 is 1.88 bits per heavy atom. The molecular weight excluding hydrogens is 387 g/mol. The Labute approximate surface area is 153 Å². The van der Waals surface area contributed by atoms with Gasteiger partial charge >= 0.3 is 6.01 Å². The van der Waals surface area contributed by atoms with E-state index in [2.05, 4.69) is 25.9 Å². The van der Waals surface area contributed by atoms with Crippen molar-refractivity contribution in [2.45, 2.75) is 13.5 Å². The molecule has 4 nitrogen and oxygen atoms in total. The highest BCUT2D eigenvalue weighted by Crippen LogP contribution is 2.27. The summed E-state index contributed by atoms with van der Waals surface area (Å²) in [4.78, 5) is 8.30. The van der Waals surface area contributed by atoms with Crippen molar-refractivity contribution in [2.75, 3.05) is 7.11 Å². The molecule has 128 valence electrons. The summed E-state index contributed by atoms with van der Waals surface area (Å²) in [7, 11) is 1.53. The molecule has 0 aliphatic carbocycles. The van der Waals surface area contributed by atoms with Crippen molar-refractivity contribution in [1.82, 2.24) is 9.97 Å². The van der Waals surface area contributed by atoms with Gasteiger partial charge in [0.2, 0.25) is 5.88 Å². The van der Waals surface area contributed by atoms with E-state index in [1.54, 1.807) is 18.3 Å². The fourth-order valence-corrected chi connectivity index (χ4v) is 2.83. The zero-order valence-corrected chi connectivity index (χ0v) is 15.4. The summed E-state index contributed by atoms with van der Waals surface area (Å²) in [6.45, 7) is 2.34. The highest BCUT2D eigenvalue weighted by atomic mass is 79.9. The summed E-state index contributed by atoms with van der Waals surface area (Å²) in [5, 5.41) is 0. The van der Waals surface area contributed by atoms with Crippen molar-refractivity contribution in [2.24, 2.45) is 0 Å². The average molecular weight is 403 g/mol. The Morgan fingerprint density at radius 1 is 1.12 bits per heavy atom. The summed E-state index contributed by atoms with van der Waals surface area (Å²) in [6.07, 6.45) is 1.59. The SMILES string of the molecule is COc1nc(OCc2cccc(-c3ccc(F)cc3)c2C)ncc1Br. The molecule has 0 unspecified atom stereocenters. The van der Waals surface area contributed by atoms with E-state index in [0.29, 0.717) is 17.0 Å². The highest BCUT2D eigenvalue weighted by molar-refractivity contribution is 9.10. The number of benzene rings is 2. The molecule has 25 heavy (non-hydrogen) atoms. The summed E-state index contributed by atoms with van der Waals surface area (Å²) < 4.78 is 24.6. The molecular formula is C19H16BrFN2O2. The monoisotopic (exact) mass is 402 g/mol. The van der Waals surface area contributed by atoms with E-state index in [4.69, 9.17) is 9.47 Å². The van der Waals surface area contributed by atoms with Crippen LogP contribution in [0.4, 0.5) is 4.39 Å². The fourth-order valence-electron chi connectivity index (χ4n) is 2.47. The van der Waals surface area contributed by atoms with Crippen LogP contribution in [0.3, 0.4) is 0 Å². The lowest BCUT2D eigenvalue weighted by Gasteiger charge is -2.12. The Kier molecular flexibility index (Phi) is 5.28. The standard InChI is InChI=1S/C19H16BrFN2O2/c1-12-14(11-25-19-22-10-17(20)18(23-19)24-2)4-3-5-16(12)13-6-8-15(21)9-7-13/h3-10H,11H2,1-2H3. The molecule has 3 rings (SSSR count). The van der Waals surface area contributed by atoms with Crippen molar-refractivity contribution >= 4 is 15.9 Å². The van der Waals surface area contributed by atoms with E-state index in [1.165, 1.54) is 19.2 Å². The minimum atomic E-state index is -0.248. The summed E-state index contributed by atoms with van der Waals surface area (Å²) >= 11 is 3.31. The number of nitrogens with zero attached hydrogens (tertiary/aromatic N) is 2. The van der Waals surface area contributed by atoms with Crippen LogP contribution in [-0.2, 0) is 6.61 Å². The van der Waals surface area contributed by atoms with Gasteiger partial charge in [-0.1, -0.05) is 30.3 Å². The molecule has 3 aromatic rings. The molecule has 0 bridgehead atoms. The van der Waals surface area contributed by atoms with E-state index in [0.717, 1.165) is 22.3 Å². The molecule has 0 amide bonds. The quantitative estimate of drug-likeness (QED) is 0.605. The largest absolute Gasteiger partial charge is 0.480 e. The smallest absolute Gasteiger partial charge is 0.320 e. The van der Waals surface area contributed by atoms with Crippen LogP contribution in [0.5, 0.6) is 11.9 Å². The van der Waals surface area contributed by atoms with Crippen LogP contribution in [0.25, 0.3) is 11.1 Å².